The molecule has 1 aliphatic heterocycles. The van der Waals surface area contributed by atoms with Crippen LogP contribution in [0, 0.1) is 0 Å². The Morgan fingerprint density at radius 1 is 0.909 bits per heavy atom. The summed E-state index contributed by atoms with van der Waals surface area (Å²) in [6.45, 7) is 4.07. The molecule has 180 valence electrons. The SMILES string of the molecule is COc1ccc(CN2CCN(C(=O)CCCOc3cccc(Cl)c3Cl)CC2)c(OC)c1OC. The van der Waals surface area contributed by atoms with Crippen molar-refractivity contribution in [2.45, 2.75) is 19.4 Å². The Bertz CT molecular complexity index is 949. The van der Waals surface area contributed by atoms with E-state index in [-0.39, 0.29) is 5.91 Å². The van der Waals surface area contributed by atoms with Gasteiger partial charge in [-0.05, 0) is 24.6 Å². The molecule has 7 nitrogen and oxygen atoms in total. The highest BCUT2D eigenvalue weighted by molar-refractivity contribution is 6.42. The Hall–Kier alpha value is -2.35. The lowest BCUT2D eigenvalue weighted by Crippen LogP contribution is -2.48. The molecular weight excluding hydrogens is 467 g/mol. The number of carbonyl (C=O) groups excluding carboxylic acids is 1. The van der Waals surface area contributed by atoms with Crippen LogP contribution in [-0.4, -0.2) is 69.8 Å². The topological polar surface area (TPSA) is 60.5 Å². The van der Waals surface area contributed by atoms with Crippen LogP contribution in [0.5, 0.6) is 23.0 Å². The lowest BCUT2D eigenvalue weighted by molar-refractivity contribution is -0.133. The molecule has 0 bridgehead atoms. The first-order chi connectivity index (χ1) is 16.0. The van der Waals surface area contributed by atoms with Gasteiger partial charge in [-0.15, -0.1) is 0 Å². The van der Waals surface area contributed by atoms with Crippen molar-refractivity contribution >= 4 is 29.1 Å². The van der Waals surface area contributed by atoms with E-state index < -0.39 is 0 Å². The molecule has 1 fully saturated rings. The monoisotopic (exact) mass is 496 g/mol. The van der Waals surface area contributed by atoms with E-state index >= 15 is 0 Å². The predicted molar refractivity (Wildman–Crippen MR) is 129 cm³/mol. The van der Waals surface area contributed by atoms with Gasteiger partial charge in [-0.25, -0.2) is 0 Å². The van der Waals surface area contributed by atoms with Crippen molar-refractivity contribution in [2.24, 2.45) is 0 Å². The van der Waals surface area contributed by atoms with Crippen molar-refractivity contribution in [3.8, 4) is 23.0 Å². The minimum absolute atomic E-state index is 0.138. The average molecular weight is 497 g/mol. The van der Waals surface area contributed by atoms with Crippen LogP contribution in [0.2, 0.25) is 10.0 Å². The highest BCUT2D eigenvalue weighted by atomic mass is 35.5. The Kier molecular flexibility index (Phi) is 9.35. The number of amides is 1. The van der Waals surface area contributed by atoms with Crippen LogP contribution in [-0.2, 0) is 11.3 Å². The van der Waals surface area contributed by atoms with Crippen LogP contribution in [0.15, 0.2) is 30.3 Å². The van der Waals surface area contributed by atoms with Crippen molar-refractivity contribution < 1.29 is 23.7 Å². The Balaban J connectivity index is 1.45. The number of nitrogens with zero attached hydrogens (tertiary/aromatic N) is 2. The van der Waals surface area contributed by atoms with E-state index in [0.717, 1.165) is 18.7 Å². The van der Waals surface area contributed by atoms with Crippen molar-refractivity contribution in [1.29, 1.82) is 0 Å². The second-order valence-electron chi connectivity index (χ2n) is 7.65. The zero-order valence-corrected chi connectivity index (χ0v) is 20.7. The Morgan fingerprint density at radius 3 is 2.30 bits per heavy atom. The molecule has 1 amide bonds. The van der Waals surface area contributed by atoms with E-state index in [1.54, 1.807) is 39.5 Å². The number of rotatable bonds is 10. The molecule has 0 unspecified atom stereocenters. The van der Waals surface area contributed by atoms with Gasteiger partial charge in [0.2, 0.25) is 11.7 Å². The number of ether oxygens (including phenoxy) is 4. The largest absolute Gasteiger partial charge is 0.493 e. The smallest absolute Gasteiger partial charge is 0.222 e. The third-order valence-electron chi connectivity index (χ3n) is 5.61. The molecule has 1 aliphatic rings. The lowest BCUT2D eigenvalue weighted by Gasteiger charge is -2.35. The summed E-state index contributed by atoms with van der Waals surface area (Å²) in [6.07, 6.45) is 1.05. The second kappa shape index (κ2) is 12.2. The van der Waals surface area contributed by atoms with E-state index in [2.05, 4.69) is 4.90 Å². The zero-order valence-electron chi connectivity index (χ0n) is 19.2. The van der Waals surface area contributed by atoms with Gasteiger partial charge in [-0.1, -0.05) is 35.3 Å². The van der Waals surface area contributed by atoms with Gasteiger partial charge in [0.25, 0.3) is 0 Å². The highest BCUT2D eigenvalue weighted by Crippen LogP contribution is 2.40. The first-order valence-electron chi connectivity index (χ1n) is 10.8. The van der Waals surface area contributed by atoms with Gasteiger partial charge in [0.15, 0.2) is 11.5 Å². The van der Waals surface area contributed by atoms with Gasteiger partial charge in [0.1, 0.15) is 10.8 Å². The summed E-state index contributed by atoms with van der Waals surface area (Å²) in [5.41, 5.74) is 1.02. The van der Waals surface area contributed by atoms with Crippen molar-refractivity contribution in [3.63, 3.8) is 0 Å². The molecule has 0 aliphatic carbocycles. The third kappa shape index (κ3) is 6.37. The van der Waals surface area contributed by atoms with Gasteiger partial charge in [-0.3, -0.25) is 9.69 Å². The van der Waals surface area contributed by atoms with Crippen LogP contribution in [0.4, 0.5) is 0 Å². The fraction of sp³-hybridized carbons (Fsp3) is 0.458. The maximum atomic E-state index is 12.6. The number of hydrogen-bond acceptors (Lipinski definition) is 6. The van der Waals surface area contributed by atoms with E-state index in [1.165, 1.54) is 0 Å². The number of carbonyl (C=O) groups is 1. The summed E-state index contributed by atoms with van der Waals surface area (Å²) in [6, 6.07) is 9.13. The first kappa shape index (κ1) is 25.3. The van der Waals surface area contributed by atoms with E-state index in [9.17, 15) is 4.79 Å². The quantitative estimate of drug-likeness (QED) is 0.450. The minimum Gasteiger partial charge on any atom is -0.493 e. The van der Waals surface area contributed by atoms with Gasteiger partial charge in [0, 0.05) is 44.7 Å². The molecule has 0 spiro atoms. The van der Waals surface area contributed by atoms with Crippen LogP contribution < -0.4 is 18.9 Å². The Labute approximate surface area is 205 Å². The number of hydrogen-bond donors (Lipinski definition) is 0. The van der Waals surface area contributed by atoms with Crippen LogP contribution in [0.25, 0.3) is 0 Å². The number of halogens is 2. The molecule has 2 aromatic rings. The van der Waals surface area contributed by atoms with E-state index in [1.807, 2.05) is 17.0 Å². The highest BCUT2D eigenvalue weighted by Gasteiger charge is 2.23. The molecule has 9 heteroatoms. The predicted octanol–water partition coefficient (Wildman–Crippen LogP) is 4.52. The fourth-order valence-electron chi connectivity index (χ4n) is 3.84. The number of benzene rings is 2. The summed E-state index contributed by atoms with van der Waals surface area (Å²) in [7, 11) is 4.83. The first-order valence-corrected chi connectivity index (χ1v) is 11.6. The number of piperazine rings is 1. The molecule has 3 rings (SSSR count). The van der Waals surface area contributed by atoms with Gasteiger partial charge in [0.05, 0.1) is 33.0 Å². The number of methoxy groups -OCH3 is 3. The molecule has 1 heterocycles. The molecule has 0 aromatic heterocycles. The zero-order chi connectivity index (χ0) is 23.8. The van der Waals surface area contributed by atoms with Gasteiger partial charge in [-0.2, -0.15) is 0 Å². The Morgan fingerprint density at radius 2 is 1.64 bits per heavy atom. The van der Waals surface area contributed by atoms with Crippen molar-refractivity contribution in [2.75, 3.05) is 54.1 Å². The van der Waals surface area contributed by atoms with Crippen LogP contribution >= 0.6 is 23.2 Å². The van der Waals surface area contributed by atoms with Crippen molar-refractivity contribution in [1.82, 2.24) is 9.80 Å². The minimum atomic E-state index is 0.138. The molecule has 2 aromatic carbocycles. The van der Waals surface area contributed by atoms with E-state index in [0.29, 0.717) is 72.1 Å². The maximum Gasteiger partial charge on any atom is 0.222 e. The summed E-state index contributed by atoms with van der Waals surface area (Å²) in [5, 5.41) is 0.849. The summed E-state index contributed by atoms with van der Waals surface area (Å²) < 4.78 is 22.1. The van der Waals surface area contributed by atoms with Crippen LogP contribution in [0.1, 0.15) is 18.4 Å². The molecular formula is C24H30Cl2N2O5. The fourth-order valence-corrected chi connectivity index (χ4v) is 4.19. The average Bonchev–Trinajstić information content (AvgIpc) is 2.84. The molecule has 0 N–H and O–H groups in total. The van der Waals surface area contributed by atoms with Gasteiger partial charge >= 0.3 is 0 Å². The maximum absolute atomic E-state index is 12.6. The lowest BCUT2D eigenvalue weighted by atomic mass is 10.1. The van der Waals surface area contributed by atoms with Crippen molar-refractivity contribution in [3.05, 3.63) is 45.9 Å². The molecule has 0 saturated carbocycles. The van der Waals surface area contributed by atoms with Crippen LogP contribution in [0.3, 0.4) is 0 Å². The molecule has 33 heavy (non-hydrogen) atoms. The summed E-state index contributed by atoms with van der Waals surface area (Å²) in [5.74, 6) is 2.58. The second-order valence-corrected chi connectivity index (χ2v) is 8.44. The van der Waals surface area contributed by atoms with E-state index in [4.69, 9.17) is 42.1 Å². The third-order valence-corrected chi connectivity index (χ3v) is 6.41. The molecule has 0 radical (unpaired) electrons. The summed E-state index contributed by atoms with van der Waals surface area (Å²) >= 11 is 12.1. The van der Waals surface area contributed by atoms with Gasteiger partial charge < -0.3 is 23.8 Å². The standard InChI is InChI=1S/C24H30Cl2N2O5/c1-30-20-10-9-17(23(31-2)24(20)32-3)16-27-11-13-28(14-12-27)21(29)8-5-15-33-19-7-4-6-18(25)22(19)26/h4,6-7,9-10H,5,8,11-16H2,1-3H3. The molecule has 0 atom stereocenters. The normalized spacial score (nSPS) is 14.2. The molecule has 1 saturated heterocycles. The summed E-state index contributed by atoms with van der Waals surface area (Å²) in [4.78, 5) is 16.8.